The maximum absolute atomic E-state index is 4.33. The lowest BCUT2D eigenvalue weighted by Gasteiger charge is -2.01. The van der Waals surface area contributed by atoms with Gasteiger partial charge in [0.1, 0.15) is 0 Å². The van der Waals surface area contributed by atoms with Gasteiger partial charge in [-0.15, -0.1) is 0 Å². The van der Waals surface area contributed by atoms with E-state index in [0.29, 0.717) is 8.51 Å². The lowest BCUT2D eigenvalue weighted by Crippen LogP contribution is -1.86. The lowest BCUT2D eigenvalue weighted by atomic mass is 10.1. The van der Waals surface area contributed by atoms with Gasteiger partial charge in [0, 0.05) is 0 Å². The van der Waals surface area contributed by atoms with E-state index in [1.165, 1.54) is 69.9 Å². The van der Waals surface area contributed by atoms with Crippen LogP contribution in [0.1, 0.15) is 76.8 Å². The van der Waals surface area contributed by atoms with Gasteiger partial charge in [0.2, 0.25) is 0 Å². The second kappa shape index (κ2) is 10.8. The van der Waals surface area contributed by atoms with Gasteiger partial charge >= 0.3 is 0 Å². The van der Waals surface area contributed by atoms with E-state index in [1.807, 2.05) is 6.20 Å². The van der Waals surface area contributed by atoms with Crippen molar-refractivity contribution in [2.75, 3.05) is 0 Å². The van der Waals surface area contributed by atoms with E-state index in [0.717, 1.165) is 6.42 Å². The normalized spacial score (nSPS) is 11.4. The van der Waals surface area contributed by atoms with Crippen molar-refractivity contribution < 1.29 is 0 Å². The van der Waals surface area contributed by atoms with Crippen molar-refractivity contribution in [2.24, 2.45) is 0 Å². The number of aryl methyl sites for hydroxylation is 1. The highest BCUT2D eigenvalue weighted by Crippen LogP contribution is 2.12. The number of nitrogens with zero attached hydrogens (tertiary/aromatic N) is 2. The molecule has 1 aromatic heterocycles. The molecule has 0 aromatic carbocycles. The minimum Gasteiger partial charge on any atom is -0.228 e. The molecule has 17 heavy (non-hydrogen) atoms. The van der Waals surface area contributed by atoms with E-state index in [-0.39, 0.29) is 0 Å². The third-order valence-electron chi connectivity index (χ3n) is 3.25. The predicted octanol–water partition coefficient (Wildman–Crippen LogP) is 4.97. The van der Waals surface area contributed by atoms with Gasteiger partial charge in [0.05, 0.1) is 20.4 Å². The summed E-state index contributed by atoms with van der Waals surface area (Å²) in [5.41, 5.74) is 1.22. The molecule has 0 saturated heterocycles. The molecule has 3 heteroatoms. The number of rotatable bonds is 11. The summed E-state index contributed by atoms with van der Waals surface area (Å²) < 4.78 is 8.46. The van der Waals surface area contributed by atoms with Gasteiger partial charge in [0.15, 0.2) is 0 Å². The van der Waals surface area contributed by atoms with Crippen LogP contribution < -0.4 is 0 Å². The average molecular weight is 254 g/mol. The molecule has 1 rings (SSSR count). The highest BCUT2D eigenvalue weighted by Gasteiger charge is 1.96. The Kier molecular flexibility index (Phi) is 9.32. The lowest BCUT2D eigenvalue weighted by molar-refractivity contribution is 0.555. The second-order valence-electron chi connectivity index (χ2n) is 4.89. The van der Waals surface area contributed by atoms with Crippen LogP contribution in [0, 0.1) is 0 Å². The van der Waals surface area contributed by atoms with Crippen LogP contribution in [0.4, 0.5) is 0 Å². The zero-order chi connectivity index (χ0) is 12.2. The van der Waals surface area contributed by atoms with E-state index >= 15 is 0 Å². The number of aromatic nitrogens is 2. The molecule has 1 aromatic rings. The van der Waals surface area contributed by atoms with Crippen LogP contribution in [0.5, 0.6) is 0 Å². The smallest absolute Gasteiger partial charge is 0.0646 e. The van der Waals surface area contributed by atoms with Crippen LogP contribution in [-0.2, 0) is 6.42 Å². The number of hydrogen-bond donors (Lipinski definition) is 0. The highest BCUT2D eigenvalue weighted by molar-refractivity contribution is 7.20. The molecule has 0 aliphatic carbocycles. The zero-order valence-corrected chi connectivity index (χ0v) is 12.2. The Hall–Kier alpha value is -0.360. The van der Waals surface area contributed by atoms with Crippen molar-refractivity contribution in [3.63, 3.8) is 0 Å². The molecular weight excluding hydrogens is 227 g/mol. The first-order valence-electron chi connectivity index (χ1n) is 7.28. The molecule has 0 spiro atoms. The van der Waals surface area contributed by atoms with Gasteiger partial charge in [-0.05, 0) is 12.8 Å². The van der Waals surface area contributed by atoms with Crippen LogP contribution in [0.2, 0.25) is 0 Å². The summed E-state index contributed by atoms with van der Waals surface area (Å²) in [7, 11) is 0.458. The molecular formula is C14H27N2P. The Morgan fingerprint density at radius 1 is 0.882 bits per heavy atom. The molecule has 0 radical (unpaired) electrons. The van der Waals surface area contributed by atoms with Gasteiger partial charge in [-0.2, -0.15) is 0 Å². The minimum absolute atomic E-state index is 0.458. The Balaban J connectivity index is 1.76. The van der Waals surface area contributed by atoms with Crippen LogP contribution in [0.3, 0.4) is 0 Å². The third-order valence-corrected chi connectivity index (χ3v) is 3.88. The van der Waals surface area contributed by atoms with Crippen LogP contribution in [0.25, 0.3) is 0 Å². The van der Waals surface area contributed by atoms with Crippen molar-refractivity contribution in [1.29, 1.82) is 0 Å². The first-order chi connectivity index (χ1) is 8.43. The maximum atomic E-state index is 4.33. The topological polar surface area (TPSA) is 25.8 Å². The third kappa shape index (κ3) is 8.37. The standard InChI is InChI=1S/C14H27N2P/c1-2-3-4-5-6-7-8-9-10-11-12-14-13-15-17-16-14/h13,17H,2-12H2,1H3. The molecule has 1 atom stereocenters. The zero-order valence-electron chi connectivity index (χ0n) is 11.2. The highest BCUT2D eigenvalue weighted by atomic mass is 31.1. The van der Waals surface area contributed by atoms with Gasteiger partial charge in [-0.3, -0.25) is 0 Å². The van der Waals surface area contributed by atoms with Crippen LogP contribution in [0.15, 0.2) is 6.20 Å². The summed E-state index contributed by atoms with van der Waals surface area (Å²) in [6.07, 6.45) is 17.1. The fourth-order valence-corrected chi connectivity index (χ4v) is 2.70. The summed E-state index contributed by atoms with van der Waals surface area (Å²) in [4.78, 5) is 0. The average Bonchev–Trinajstić information content (AvgIpc) is 2.85. The molecule has 0 fully saturated rings. The maximum Gasteiger partial charge on any atom is 0.0646 e. The fraction of sp³-hybridized carbons (Fsp3) is 0.857. The molecule has 1 heterocycles. The molecule has 0 N–H and O–H groups in total. The Morgan fingerprint density at radius 2 is 1.47 bits per heavy atom. The van der Waals surface area contributed by atoms with E-state index in [2.05, 4.69) is 16.4 Å². The summed E-state index contributed by atoms with van der Waals surface area (Å²) >= 11 is 0. The van der Waals surface area contributed by atoms with Crippen LogP contribution >= 0.6 is 8.51 Å². The SMILES string of the molecule is CCCCCCCCCCCCc1cn[pH]n1. The molecule has 0 bridgehead atoms. The number of hydrogen-bond acceptors (Lipinski definition) is 2. The molecule has 0 saturated carbocycles. The molecule has 0 aliphatic heterocycles. The monoisotopic (exact) mass is 254 g/mol. The van der Waals surface area contributed by atoms with Gasteiger partial charge < -0.3 is 0 Å². The van der Waals surface area contributed by atoms with Crippen molar-refractivity contribution in [1.82, 2.24) is 9.49 Å². The summed E-state index contributed by atoms with van der Waals surface area (Å²) in [5, 5.41) is 0. The molecule has 1 unspecified atom stereocenters. The van der Waals surface area contributed by atoms with E-state index in [9.17, 15) is 0 Å². The van der Waals surface area contributed by atoms with Gasteiger partial charge in [-0.25, -0.2) is 9.49 Å². The summed E-state index contributed by atoms with van der Waals surface area (Å²) in [5.74, 6) is 0. The Labute approximate surface area is 108 Å². The quantitative estimate of drug-likeness (QED) is 0.521. The number of unbranched alkanes of at least 4 members (excludes halogenated alkanes) is 9. The molecule has 98 valence electrons. The van der Waals surface area contributed by atoms with Crippen molar-refractivity contribution in [3.05, 3.63) is 11.9 Å². The summed E-state index contributed by atoms with van der Waals surface area (Å²) in [6.45, 7) is 2.28. The van der Waals surface area contributed by atoms with E-state index < -0.39 is 0 Å². The van der Waals surface area contributed by atoms with Gasteiger partial charge in [0.25, 0.3) is 0 Å². The first kappa shape index (κ1) is 14.7. The minimum atomic E-state index is 0.458. The van der Waals surface area contributed by atoms with Crippen LogP contribution in [-0.4, -0.2) is 9.49 Å². The van der Waals surface area contributed by atoms with Crippen molar-refractivity contribution >= 4 is 8.51 Å². The van der Waals surface area contributed by atoms with Crippen molar-refractivity contribution in [2.45, 2.75) is 77.6 Å². The second-order valence-corrected chi connectivity index (χ2v) is 5.58. The van der Waals surface area contributed by atoms with E-state index in [4.69, 9.17) is 0 Å². The Morgan fingerprint density at radius 3 is 2.00 bits per heavy atom. The summed E-state index contributed by atoms with van der Waals surface area (Å²) in [6, 6.07) is 0. The van der Waals surface area contributed by atoms with E-state index in [1.54, 1.807) is 0 Å². The first-order valence-corrected chi connectivity index (χ1v) is 8.17. The largest absolute Gasteiger partial charge is 0.228 e. The van der Waals surface area contributed by atoms with Gasteiger partial charge in [-0.1, -0.05) is 64.7 Å². The predicted molar refractivity (Wildman–Crippen MR) is 77.1 cm³/mol. The molecule has 0 aliphatic rings. The molecule has 2 nitrogen and oxygen atoms in total. The molecule has 0 amide bonds. The van der Waals surface area contributed by atoms with Crippen molar-refractivity contribution in [3.8, 4) is 0 Å². The Bertz CT molecular complexity index is 247. The fourth-order valence-electron chi connectivity index (χ4n) is 2.14.